The first kappa shape index (κ1) is 26.6. The minimum atomic E-state index is -3.75. The van der Waals surface area contributed by atoms with E-state index in [0.29, 0.717) is 16.7 Å². The fourth-order valence-corrected chi connectivity index (χ4v) is 5.20. The molecule has 0 saturated carbocycles. The number of carbonyl (C=O) groups excluding carboxylic acids is 2. The molecule has 206 valence electrons. The lowest BCUT2D eigenvalue weighted by Gasteiger charge is -2.17. The Hall–Kier alpha value is -4.99. The number of aromatic nitrogens is 6. The zero-order valence-corrected chi connectivity index (χ0v) is 21.9. The molecule has 3 heterocycles. The van der Waals surface area contributed by atoms with Crippen molar-refractivity contribution in [2.45, 2.75) is 19.5 Å². The minimum absolute atomic E-state index is 0.0636. The molecule has 0 spiro atoms. The second-order valence-corrected chi connectivity index (χ2v) is 10.9. The molecule has 0 aliphatic carbocycles. The number of hydrogen-bond acceptors (Lipinski definition) is 9. The number of hydrogen-bond donors (Lipinski definition) is 3. The first-order chi connectivity index (χ1) is 19.0. The fraction of sp³-hybridized carbons (Fsp3) is 0.208. The van der Waals surface area contributed by atoms with Crippen LogP contribution in [-0.4, -0.2) is 63.2 Å². The largest absolute Gasteiger partial charge is 0.365 e. The van der Waals surface area contributed by atoms with Crippen molar-refractivity contribution in [2.24, 2.45) is 0 Å². The first-order valence-electron chi connectivity index (χ1n) is 11.8. The van der Waals surface area contributed by atoms with Gasteiger partial charge in [0, 0.05) is 18.2 Å². The molecule has 1 unspecified atom stereocenters. The molecule has 2 aromatic carbocycles. The summed E-state index contributed by atoms with van der Waals surface area (Å²) in [4.78, 5) is 45.5. The average molecular weight is 568 g/mol. The molecule has 2 aromatic heterocycles. The first-order valence-corrected chi connectivity index (χ1v) is 13.6. The Kier molecular flexibility index (Phi) is 6.85. The van der Waals surface area contributed by atoms with Crippen LogP contribution < -0.4 is 20.6 Å². The molecule has 0 bridgehead atoms. The van der Waals surface area contributed by atoms with Gasteiger partial charge in [0.15, 0.2) is 0 Å². The Balaban J connectivity index is 1.33. The van der Waals surface area contributed by atoms with Crippen LogP contribution in [0.3, 0.4) is 0 Å². The molecule has 14 nitrogen and oxygen atoms in total. The van der Waals surface area contributed by atoms with E-state index in [-0.39, 0.29) is 41.7 Å². The monoisotopic (exact) mass is 567 g/mol. The van der Waals surface area contributed by atoms with E-state index in [9.17, 15) is 27.2 Å². The van der Waals surface area contributed by atoms with Gasteiger partial charge in [-0.2, -0.15) is 4.68 Å². The summed E-state index contributed by atoms with van der Waals surface area (Å²) in [6.07, 6.45) is 2.09. The summed E-state index contributed by atoms with van der Waals surface area (Å²) in [5.74, 6) is -1.57. The van der Waals surface area contributed by atoms with Crippen molar-refractivity contribution >= 4 is 27.5 Å². The second kappa shape index (κ2) is 10.3. The third-order valence-corrected chi connectivity index (χ3v) is 7.38. The third kappa shape index (κ3) is 5.28. The number of aromatic amines is 1. The number of H-pyrrole nitrogens is 1. The van der Waals surface area contributed by atoms with Crippen LogP contribution in [0.4, 0.5) is 10.1 Å². The van der Waals surface area contributed by atoms with Gasteiger partial charge in [-0.05, 0) is 46.7 Å². The number of fused-ring (bicyclic) bond motifs is 1. The van der Waals surface area contributed by atoms with E-state index in [1.807, 2.05) is 0 Å². The van der Waals surface area contributed by atoms with Crippen molar-refractivity contribution in [2.75, 3.05) is 17.1 Å². The molecule has 0 fully saturated rings. The summed E-state index contributed by atoms with van der Waals surface area (Å²) in [6.45, 7) is 1.63. The summed E-state index contributed by atoms with van der Waals surface area (Å²) >= 11 is 0. The van der Waals surface area contributed by atoms with Crippen molar-refractivity contribution in [1.29, 1.82) is 0 Å². The number of benzene rings is 2. The zero-order chi connectivity index (χ0) is 28.6. The number of carbonyl (C=O) groups is 2. The van der Waals surface area contributed by atoms with Gasteiger partial charge in [0.25, 0.3) is 11.8 Å². The number of anilines is 1. The van der Waals surface area contributed by atoms with Gasteiger partial charge in [-0.3, -0.25) is 13.9 Å². The number of tetrazole rings is 1. The molecule has 1 aliphatic heterocycles. The maximum atomic E-state index is 13.5. The van der Waals surface area contributed by atoms with Crippen LogP contribution in [0, 0.1) is 12.7 Å². The van der Waals surface area contributed by atoms with E-state index < -0.39 is 33.6 Å². The number of nitrogens with zero attached hydrogens (tertiary/aromatic N) is 6. The topological polar surface area (TPSA) is 185 Å². The molecule has 40 heavy (non-hydrogen) atoms. The lowest BCUT2D eigenvalue weighted by atomic mass is 10.1. The van der Waals surface area contributed by atoms with Crippen molar-refractivity contribution in [1.82, 2.24) is 40.8 Å². The minimum Gasteiger partial charge on any atom is -0.347 e. The van der Waals surface area contributed by atoms with Crippen LogP contribution in [0.5, 0.6) is 0 Å². The highest BCUT2D eigenvalue weighted by atomic mass is 32.2. The summed E-state index contributed by atoms with van der Waals surface area (Å²) < 4.78 is 40.6. The van der Waals surface area contributed by atoms with Crippen LogP contribution in [0.25, 0.3) is 5.69 Å². The van der Waals surface area contributed by atoms with Crippen molar-refractivity contribution in [3.05, 3.63) is 93.2 Å². The van der Waals surface area contributed by atoms with Gasteiger partial charge in [0.1, 0.15) is 23.5 Å². The van der Waals surface area contributed by atoms with Gasteiger partial charge in [0.2, 0.25) is 10.0 Å². The quantitative estimate of drug-likeness (QED) is 0.284. The lowest BCUT2D eigenvalue weighted by molar-refractivity contribution is 0.0934. The average Bonchev–Trinajstić information content (AvgIpc) is 3.52. The highest BCUT2D eigenvalue weighted by molar-refractivity contribution is 7.92. The molecule has 4 aromatic rings. The van der Waals surface area contributed by atoms with Gasteiger partial charge in [-0.1, -0.05) is 18.2 Å². The van der Waals surface area contributed by atoms with Gasteiger partial charge in [-0.25, -0.2) is 32.7 Å². The summed E-state index contributed by atoms with van der Waals surface area (Å²) in [7, 11) is -3.75. The van der Waals surface area contributed by atoms with Crippen molar-refractivity contribution in [3.8, 4) is 5.69 Å². The van der Waals surface area contributed by atoms with Crippen LogP contribution in [-0.2, 0) is 16.6 Å². The molecular formula is C24H22FN9O5S. The predicted molar refractivity (Wildman–Crippen MR) is 139 cm³/mol. The molecule has 16 heteroatoms. The smallest absolute Gasteiger partial charge is 0.347 e. The number of aryl methyl sites for hydroxylation is 1. The SMILES string of the molecule is Cc1cc(CNC(=O)c2cc(C(=O)NC3CN(S(C)(=O)=O)c4cc(-n5nn[nH]c5=O)ccc43)ncn2)ccc1F. The third-order valence-electron chi connectivity index (χ3n) is 6.24. The van der Waals surface area contributed by atoms with Gasteiger partial charge in [-0.15, -0.1) is 0 Å². The van der Waals surface area contributed by atoms with Crippen LogP contribution >= 0.6 is 0 Å². The summed E-state index contributed by atoms with van der Waals surface area (Å²) in [5, 5.41) is 14.7. The number of amides is 2. The van der Waals surface area contributed by atoms with Gasteiger partial charge < -0.3 is 10.6 Å². The van der Waals surface area contributed by atoms with Gasteiger partial charge in [0.05, 0.1) is 30.2 Å². The molecule has 5 rings (SSSR count). The second-order valence-electron chi connectivity index (χ2n) is 9.04. The van der Waals surface area contributed by atoms with E-state index in [1.54, 1.807) is 31.2 Å². The Labute approximate surface area is 226 Å². The maximum absolute atomic E-state index is 13.5. The Morgan fingerprint density at radius 3 is 2.52 bits per heavy atom. The Morgan fingerprint density at radius 2 is 1.85 bits per heavy atom. The maximum Gasteiger partial charge on any atom is 0.365 e. The van der Waals surface area contributed by atoms with Crippen molar-refractivity contribution < 1.29 is 22.4 Å². The van der Waals surface area contributed by atoms with E-state index in [0.717, 1.165) is 21.6 Å². The Bertz CT molecular complexity index is 1800. The number of sulfonamides is 1. The predicted octanol–water partition coefficient (Wildman–Crippen LogP) is 0.374. The van der Waals surface area contributed by atoms with Crippen LogP contribution in [0.1, 0.15) is 43.7 Å². The standard InChI is InChI=1S/C24H22FN9O5S/c1-13-7-14(3-6-17(13)25)10-26-22(35)18-9-19(28-12-27-18)23(36)29-20-11-33(40(2,38)39)21-8-15(4-5-16(20)21)34-24(37)30-31-32-34/h3-9,12,20H,10-11H2,1-2H3,(H,26,35)(H,29,36)(H,30,32,37). The summed E-state index contributed by atoms with van der Waals surface area (Å²) in [6, 6.07) is 9.52. The van der Waals surface area contributed by atoms with E-state index in [4.69, 9.17) is 0 Å². The normalized spacial score (nSPS) is 14.6. The molecule has 1 aliphatic rings. The number of rotatable bonds is 7. The molecule has 2 amide bonds. The zero-order valence-electron chi connectivity index (χ0n) is 21.1. The highest BCUT2D eigenvalue weighted by Gasteiger charge is 2.35. The molecule has 0 saturated heterocycles. The molecule has 1 atom stereocenters. The van der Waals surface area contributed by atoms with Crippen LogP contribution in [0.2, 0.25) is 0 Å². The number of halogens is 1. The van der Waals surface area contributed by atoms with E-state index in [2.05, 4.69) is 36.1 Å². The molecular weight excluding hydrogens is 545 g/mol. The highest BCUT2D eigenvalue weighted by Crippen LogP contribution is 2.37. The van der Waals surface area contributed by atoms with E-state index in [1.165, 1.54) is 18.2 Å². The lowest BCUT2D eigenvalue weighted by Crippen LogP contribution is -2.35. The van der Waals surface area contributed by atoms with E-state index >= 15 is 0 Å². The molecule has 0 radical (unpaired) electrons. The number of nitrogens with one attached hydrogen (secondary N) is 3. The van der Waals surface area contributed by atoms with Crippen molar-refractivity contribution in [3.63, 3.8) is 0 Å². The van der Waals surface area contributed by atoms with Gasteiger partial charge >= 0.3 is 5.69 Å². The summed E-state index contributed by atoms with van der Waals surface area (Å²) in [5.41, 5.74) is 1.38. The fourth-order valence-electron chi connectivity index (χ4n) is 4.27. The molecule has 3 N–H and O–H groups in total. The van der Waals surface area contributed by atoms with Crippen LogP contribution in [0.15, 0.2) is 53.6 Å². The Morgan fingerprint density at radius 1 is 1.10 bits per heavy atom.